The Bertz CT molecular complexity index is 2470. The lowest BCUT2D eigenvalue weighted by Crippen LogP contribution is -2.41. The SMILES string of the molecule is CCOC(=O)CCc1cccc(C(C)n2ccc(-c3cc(Oc4ccc5c(ccn5S(=O)(=O)C5(C)CC=C(S(C)(=O)=O)C=C5F)c4)ccc3F)n2)c1. The van der Waals surface area contributed by atoms with Crippen LogP contribution in [0.3, 0.4) is 0 Å². The number of aryl methyl sites for hydroxylation is 1. The van der Waals surface area contributed by atoms with Crippen molar-refractivity contribution < 1.29 is 39.9 Å². The standard InChI is InChI=1S/C38H37F2N3O7S2/c1-5-49-37(44)14-9-26-7-6-8-27(21-26)25(2)42-19-17-34(41-42)32-23-30(10-12-33(32)39)50-29-11-13-35-28(22-29)16-20-43(35)52(47,48)38(3)18-15-31(24-36(38)40)51(4,45)46/h6-8,10-13,15-17,19-25H,5,9,14,18H2,1-4H3. The third-order valence-electron chi connectivity index (χ3n) is 9.16. The summed E-state index contributed by atoms with van der Waals surface area (Å²) in [4.78, 5) is 11.5. The number of carbonyl (C=O) groups excluding carboxylic acids is 1. The van der Waals surface area contributed by atoms with Gasteiger partial charge in [0.1, 0.15) is 27.9 Å². The van der Waals surface area contributed by atoms with Crippen molar-refractivity contribution >= 4 is 36.7 Å². The van der Waals surface area contributed by atoms with E-state index in [1.54, 1.807) is 42.1 Å². The van der Waals surface area contributed by atoms with Crippen LogP contribution in [0, 0.1) is 5.82 Å². The first-order valence-electron chi connectivity index (χ1n) is 16.5. The molecule has 1 aliphatic carbocycles. The number of sulfone groups is 1. The number of ether oxygens (including phenoxy) is 2. The summed E-state index contributed by atoms with van der Waals surface area (Å²) in [6.45, 7) is 5.30. The fourth-order valence-electron chi connectivity index (χ4n) is 6.04. The molecule has 3 aromatic carbocycles. The van der Waals surface area contributed by atoms with Gasteiger partial charge in [-0.15, -0.1) is 0 Å². The van der Waals surface area contributed by atoms with E-state index in [9.17, 15) is 21.6 Å². The van der Waals surface area contributed by atoms with Gasteiger partial charge >= 0.3 is 5.97 Å². The third-order valence-corrected chi connectivity index (χ3v) is 12.6. The van der Waals surface area contributed by atoms with Crippen LogP contribution in [-0.2, 0) is 35.8 Å². The summed E-state index contributed by atoms with van der Waals surface area (Å²) in [7, 11) is -8.10. The molecule has 2 aromatic heterocycles. The highest BCUT2D eigenvalue weighted by Crippen LogP contribution is 2.40. The molecule has 2 unspecified atom stereocenters. The van der Waals surface area contributed by atoms with Gasteiger partial charge in [-0.3, -0.25) is 9.48 Å². The molecular formula is C38H37F2N3O7S2. The summed E-state index contributed by atoms with van der Waals surface area (Å²) in [5, 5.41) is 5.13. The molecule has 1 aliphatic rings. The van der Waals surface area contributed by atoms with E-state index in [2.05, 4.69) is 5.10 Å². The second-order valence-electron chi connectivity index (χ2n) is 12.8. The smallest absolute Gasteiger partial charge is 0.306 e. The molecule has 0 aliphatic heterocycles. The Morgan fingerprint density at radius 2 is 1.73 bits per heavy atom. The predicted molar refractivity (Wildman–Crippen MR) is 194 cm³/mol. The van der Waals surface area contributed by atoms with Crippen LogP contribution in [0.4, 0.5) is 8.78 Å². The predicted octanol–water partition coefficient (Wildman–Crippen LogP) is 7.66. The van der Waals surface area contributed by atoms with Crippen molar-refractivity contribution in [3.63, 3.8) is 0 Å². The van der Waals surface area contributed by atoms with Gasteiger partial charge in [0.2, 0.25) is 0 Å². The molecule has 272 valence electrons. The number of aromatic nitrogens is 3. The first-order valence-corrected chi connectivity index (χ1v) is 19.9. The lowest BCUT2D eigenvalue weighted by atomic mass is 10.0. The number of benzene rings is 3. The number of halogens is 2. The molecule has 0 bridgehead atoms. The van der Waals surface area contributed by atoms with Gasteiger partial charge in [0, 0.05) is 36.0 Å². The van der Waals surface area contributed by atoms with E-state index in [1.807, 2.05) is 31.2 Å². The summed E-state index contributed by atoms with van der Waals surface area (Å²) in [6.07, 6.45) is 6.44. The fourth-order valence-corrected chi connectivity index (χ4v) is 8.42. The van der Waals surface area contributed by atoms with E-state index in [-0.39, 0.29) is 40.8 Å². The maximum atomic E-state index is 15.3. The number of rotatable bonds is 12. The molecule has 0 amide bonds. The zero-order valence-corrected chi connectivity index (χ0v) is 30.5. The van der Waals surface area contributed by atoms with Crippen molar-refractivity contribution in [1.82, 2.24) is 13.8 Å². The Kier molecular flexibility index (Phi) is 9.99. The van der Waals surface area contributed by atoms with Crippen molar-refractivity contribution in [2.24, 2.45) is 0 Å². The van der Waals surface area contributed by atoms with Gasteiger partial charge < -0.3 is 9.47 Å². The van der Waals surface area contributed by atoms with Gasteiger partial charge in [-0.25, -0.2) is 29.6 Å². The van der Waals surface area contributed by atoms with Crippen LogP contribution >= 0.6 is 0 Å². The van der Waals surface area contributed by atoms with Gasteiger partial charge in [0.05, 0.1) is 28.8 Å². The molecule has 0 spiro atoms. The zero-order valence-electron chi connectivity index (χ0n) is 28.9. The minimum Gasteiger partial charge on any atom is -0.466 e. The Morgan fingerprint density at radius 1 is 0.981 bits per heavy atom. The number of fused-ring (bicyclic) bond motifs is 1. The second kappa shape index (κ2) is 14.2. The van der Waals surface area contributed by atoms with E-state index in [0.717, 1.165) is 27.4 Å². The van der Waals surface area contributed by atoms with Crippen LogP contribution in [0.2, 0.25) is 0 Å². The molecule has 2 heterocycles. The number of esters is 1. The summed E-state index contributed by atoms with van der Waals surface area (Å²) in [6, 6.07) is 19.9. The zero-order chi connectivity index (χ0) is 37.4. The normalized spacial score (nSPS) is 17.0. The number of allylic oxidation sites excluding steroid dienone is 2. The Labute approximate surface area is 301 Å². The summed E-state index contributed by atoms with van der Waals surface area (Å²) in [5.74, 6) is -1.16. The average molecular weight is 750 g/mol. The highest BCUT2D eigenvalue weighted by Gasteiger charge is 2.46. The van der Waals surface area contributed by atoms with Crippen LogP contribution in [0.5, 0.6) is 11.5 Å². The number of hydrogen-bond donors (Lipinski definition) is 0. The Morgan fingerprint density at radius 3 is 2.46 bits per heavy atom. The summed E-state index contributed by atoms with van der Waals surface area (Å²) in [5.41, 5.74) is 2.83. The average Bonchev–Trinajstić information content (AvgIpc) is 3.77. The molecule has 0 saturated carbocycles. The summed E-state index contributed by atoms with van der Waals surface area (Å²) < 4.78 is 93.5. The third kappa shape index (κ3) is 7.17. The van der Waals surface area contributed by atoms with E-state index in [0.29, 0.717) is 35.6 Å². The van der Waals surface area contributed by atoms with Gasteiger partial charge in [0.25, 0.3) is 10.0 Å². The molecule has 6 rings (SSSR count). The number of carbonyl (C=O) groups is 1. The molecular weight excluding hydrogens is 713 g/mol. The van der Waals surface area contributed by atoms with E-state index in [1.165, 1.54) is 43.5 Å². The maximum absolute atomic E-state index is 15.3. The van der Waals surface area contributed by atoms with Crippen LogP contribution in [0.15, 0.2) is 108 Å². The number of nitrogens with zero attached hydrogens (tertiary/aromatic N) is 3. The first kappa shape index (κ1) is 36.7. The highest BCUT2D eigenvalue weighted by atomic mass is 32.2. The van der Waals surface area contributed by atoms with Crippen molar-refractivity contribution in [2.45, 2.75) is 50.8 Å². The molecule has 10 nitrogen and oxygen atoms in total. The molecule has 14 heteroatoms. The van der Waals surface area contributed by atoms with E-state index in [4.69, 9.17) is 9.47 Å². The van der Waals surface area contributed by atoms with Gasteiger partial charge in [-0.1, -0.05) is 30.3 Å². The monoisotopic (exact) mass is 749 g/mol. The van der Waals surface area contributed by atoms with Crippen molar-refractivity contribution in [1.29, 1.82) is 0 Å². The van der Waals surface area contributed by atoms with Crippen LogP contribution < -0.4 is 4.74 Å². The molecule has 52 heavy (non-hydrogen) atoms. The van der Waals surface area contributed by atoms with Gasteiger partial charge in [-0.2, -0.15) is 5.10 Å². The Hall–Kier alpha value is -5.08. The molecule has 0 radical (unpaired) electrons. The second-order valence-corrected chi connectivity index (χ2v) is 17.1. The fraction of sp³-hybridized carbons (Fsp3) is 0.263. The van der Waals surface area contributed by atoms with Crippen molar-refractivity contribution in [2.75, 3.05) is 12.9 Å². The van der Waals surface area contributed by atoms with E-state index >= 15 is 8.78 Å². The molecule has 0 saturated heterocycles. The van der Waals surface area contributed by atoms with Crippen molar-refractivity contribution in [3.05, 3.63) is 125 Å². The molecule has 0 fully saturated rings. The van der Waals surface area contributed by atoms with Crippen LogP contribution in [0.25, 0.3) is 22.2 Å². The van der Waals surface area contributed by atoms with Gasteiger partial charge in [0.15, 0.2) is 9.84 Å². The summed E-state index contributed by atoms with van der Waals surface area (Å²) >= 11 is 0. The molecule has 5 aromatic rings. The first-order chi connectivity index (χ1) is 24.6. The maximum Gasteiger partial charge on any atom is 0.306 e. The van der Waals surface area contributed by atoms with Crippen molar-refractivity contribution in [3.8, 4) is 22.8 Å². The number of hydrogen-bond acceptors (Lipinski definition) is 8. The minimum atomic E-state index is -4.38. The van der Waals surface area contributed by atoms with Crippen LogP contribution in [0.1, 0.15) is 50.8 Å². The largest absolute Gasteiger partial charge is 0.466 e. The quantitative estimate of drug-likeness (QED) is 0.119. The topological polar surface area (TPSA) is 127 Å². The van der Waals surface area contributed by atoms with Crippen LogP contribution in [-0.4, -0.2) is 54.2 Å². The van der Waals surface area contributed by atoms with Gasteiger partial charge in [-0.05, 0) is 99.3 Å². The highest BCUT2D eigenvalue weighted by molar-refractivity contribution is 7.94. The van der Waals surface area contributed by atoms with E-state index < -0.39 is 36.3 Å². The molecule has 0 N–H and O–H groups in total. The lowest BCUT2D eigenvalue weighted by molar-refractivity contribution is -0.143. The lowest BCUT2D eigenvalue weighted by Gasteiger charge is -2.30. The Balaban J connectivity index is 1.20. The molecule has 2 atom stereocenters. The minimum absolute atomic E-state index is 0.184.